The van der Waals surface area contributed by atoms with E-state index in [0.717, 1.165) is 22.2 Å². The summed E-state index contributed by atoms with van der Waals surface area (Å²) in [4.78, 5) is 25.7. The summed E-state index contributed by atoms with van der Waals surface area (Å²) in [7, 11) is 3.40. The van der Waals surface area contributed by atoms with E-state index in [-0.39, 0.29) is 19.0 Å². The first-order valence-electron chi connectivity index (χ1n) is 11.2. The third kappa shape index (κ3) is 5.13. The zero-order valence-electron chi connectivity index (χ0n) is 19.9. The Bertz CT molecular complexity index is 1480. The lowest BCUT2D eigenvalue weighted by molar-refractivity contribution is -0.136. The molecular formula is C29H24N2O5. The molecule has 180 valence electrons. The second kappa shape index (κ2) is 11.1. The third-order valence-corrected chi connectivity index (χ3v) is 5.67. The van der Waals surface area contributed by atoms with Crippen molar-refractivity contribution in [3.63, 3.8) is 0 Å². The number of methoxy groups -OCH3 is 1. The van der Waals surface area contributed by atoms with Crippen LogP contribution in [0.25, 0.3) is 28.2 Å². The molecule has 0 radical (unpaired) electrons. The Morgan fingerprint density at radius 1 is 1.00 bits per heavy atom. The molecule has 0 unspecified atom stereocenters. The van der Waals surface area contributed by atoms with Crippen molar-refractivity contribution >= 4 is 28.7 Å². The summed E-state index contributed by atoms with van der Waals surface area (Å²) in [5.74, 6) is -0.0734. The quantitative estimate of drug-likeness (QED) is 0.186. The number of rotatable bonds is 9. The van der Waals surface area contributed by atoms with Gasteiger partial charge in [-0.15, -0.1) is 0 Å². The molecule has 4 aromatic rings. The van der Waals surface area contributed by atoms with Crippen molar-refractivity contribution in [2.45, 2.75) is 0 Å². The molecule has 0 aliphatic carbocycles. The van der Waals surface area contributed by atoms with E-state index in [1.807, 2.05) is 72.3 Å². The highest BCUT2D eigenvalue weighted by molar-refractivity contribution is 6.14. The van der Waals surface area contributed by atoms with Gasteiger partial charge in [0.2, 0.25) is 5.78 Å². The number of ketones is 1. The average Bonchev–Trinajstić information content (AvgIpc) is 3.22. The van der Waals surface area contributed by atoms with Crippen molar-refractivity contribution in [2.24, 2.45) is 7.05 Å². The first kappa shape index (κ1) is 24.3. The Morgan fingerprint density at radius 3 is 2.50 bits per heavy atom. The van der Waals surface area contributed by atoms with E-state index in [0.29, 0.717) is 22.6 Å². The molecule has 36 heavy (non-hydrogen) atoms. The number of nitrogens with zero attached hydrogens (tertiary/aromatic N) is 2. The molecule has 1 heterocycles. The number of benzene rings is 3. The fourth-order valence-electron chi connectivity index (χ4n) is 4.05. The van der Waals surface area contributed by atoms with Crippen LogP contribution in [0.3, 0.4) is 0 Å². The molecule has 4 rings (SSSR count). The molecule has 0 aliphatic heterocycles. The second-order valence-corrected chi connectivity index (χ2v) is 7.89. The van der Waals surface area contributed by atoms with E-state index >= 15 is 0 Å². The molecule has 0 fully saturated rings. The highest BCUT2D eigenvalue weighted by atomic mass is 16.5. The van der Waals surface area contributed by atoms with E-state index < -0.39 is 5.97 Å². The van der Waals surface area contributed by atoms with Gasteiger partial charge in [-0.25, -0.2) is 4.79 Å². The molecule has 0 bridgehead atoms. The lowest BCUT2D eigenvalue weighted by Gasteiger charge is -2.09. The molecule has 0 amide bonds. The van der Waals surface area contributed by atoms with Crippen LogP contribution in [0, 0.1) is 11.3 Å². The molecule has 0 saturated heterocycles. The Morgan fingerprint density at radius 2 is 1.75 bits per heavy atom. The lowest BCUT2D eigenvalue weighted by Crippen LogP contribution is -2.13. The molecular weight excluding hydrogens is 456 g/mol. The molecule has 3 aromatic carbocycles. The standard InChI is InChI=1S/C29H24N2O5/c1-31-23-11-7-6-10-22(23)28(29(31)21-8-4-3-5-9-21)24(32)19-36-27(33)15-13-20-12-14-25(35-17-16-30)26(18-20)34-2/h3-15,18H,17,19H2,1-2H3/b15-13-. The number of hydrogen-bond acceptors (Lipinski definition) is 6. The molecule has 0 spiro atoms. The molecule has 0 N–H and O–H groups in total. The maximum atomic E-state index is 13.3. The minimum Gasteiger partial charge on any atom is -0.493 e. The highest BCUT2D eigenvalue weighted by Crippen LogP contribution is 2.33. The van der Waals surface area contributed by atoms with Crippen LogP contribution in [0.2, 0.25) is 0 Å². The summed E-state index contributed by atoms with van der Waals surface area (Å²) in [5, 5.41) is 9.48. The number of esters is 1. The lowest BCUT2D eigenvalue weighted by atomic mass is 10.0. The molecule has 7 nitrogen and oxygen atoms in total. The number of hydrogen-bond donors (Lipinski definition) is 0. The fraction of sp³-hybridized carbons (Fsp3) is 0.138. The summed E-state index contributed by atoms with van der Waals surface area (Å²) >= 11 is 0. The Labute approximate surface area is 208 Å². The normalized spacial score (nSPS) is 10.8. The van der Waals surface area contributed by atoms with Gasteiger partial charge in [0.25, 0.3) is 0 Å². The predicted molar refractivity (Wildman–Crippen MR) is 137 cm³/mol. The molecule has 0 saturated carbocycles. The first-order chi connectivity index (χ1) is 17.5. The minimum absolute atomic E-state index is 0.103. The fourth-order valence-corrected chi connectivity index (χ4v) is 4.05. The molecule has 0 atom stereocenters. The van der Waals surface area contributed by atoms with Gasteiger partial charge in [0, 0.05) is 24.0 Å². The van der Waals surface area contributed by atoms with Gasteiger partial charge in [0.15, 0.2) is 24.7 Å². The van der Waals surface area contributed by atoms with Crippen LogP contribution in [0.5, 0.6) is 11.5 Å². The Balaban J connectivity index is 1.51. The van der Waals surface area contributed by atoms with Crippen LogP contribution in [-0.2, 0) is 16.6 Å². The van der Waals surface area contributed by atoms with Crippen LogP contribution < -0.4 is 9.47 Å². The van der Waals surface area contributed by atoms with Crippen LogP contribution in [0.1, 0.15) is 15.9 Å². The Kier molecular flexibility index (Phi) is 7.47. The van der Waals surface area contributed by atoms with Crippen LogP contribution in [-0.4, -0.2) is 36.6 Å². The molecule has 1 aromatic heterocycles. The van der Waals surface area contributed by atoms with E-state index in [1.54, 1.807) is 24.3 Å². The summed E-state index contributed by atoms with van der Waals surface area (Å²) < 4.78 is 17.8. The van der Waals surface area contributed by atoms with Crippen molar-refractivity contribution in [2.75, 3.05) is 20.3 Å². The van der Waals surface area contributed by atoms with Crippen LogP contribution in [0.4, 0.5) is 0 Å². The maximum Gasteiger partial charge on any atom is 0.331 e. The Hall–Kier alpha value is -4.83. The van der Waals surface area contributed by atoms with Crippen molar-refractivity contribution in [3.8, 4) is 28.8 Å². The van der Waals surface area contributed by atoms with Gasteiger partial charge in [-0.2, -0.15) is 5.26 Å². The number of aromatic nitrogens is 1. The van der Waals surface area contributed by atoms with E-state index in [1.165, 1.54) is 13.2 Å². The number of Topliss-reactive ketones (excluding diaryl/α,β-unsaturated/α-hetero) is 1. The second-order valence-electron chi connectivity index (χ2n) is 7.89. The number of carbonyl (C=O) groups is 2. The largest absolute Gasteiger partial charge is 0.493 e. The smallest absolute Gasteiger partial charge is 0.331 e. The van der Waals surface area contributed by atoms with Gasteiger partial charge in [-0.3, -0.25) is 4.79 Å². The average molecular weight is 481 g/mol. The third-order valence-electron chi connectivity index (χ3n) is 5.67. The first-order valence-corrected chi connectivity index (χ1v) is 11.2. The van der Waals surface area contributed by atoms with Gasteiger partial charge < -0.3 is 18.8 Å². The van der Waals surface area contributed by atoms with Gasteiger partial charge in [0.05, 0.1) is 18.4 Å². The zero-order valence-corrected chi connectivity index (χ0v) is 19.9. The number of aryl methyl sites for hydroxylation is 1. The summed E-state index contributed by atoms with van der Waals surface area (Å²) in [5.41, 5.74) is 3.79. The summed E-state index contributed by atoms with van der Waals surface area (Å²) in [6.07, 6.45) is 2.80. The molecule has 7 heteroatoms. The zero-order chi connectivity index (χ0) is 25.5. The highest BCUT2D eigenvalue weighted by Gasteiger charge is 2.22. The van der Waals surface area contributed by atoms with E-state index in [9.17, 15) is 9.59 Å². The van der Waals surface area contributed by atoms with Crippen molar-refractivity contribution in [3.05, 3.63) is 90.0 Å². The number of nitriles is 1. The van der Waals surface area contributed by atoms with Gasteiger partial charge in [0.1, 0.15) is 6.07 Å². The van der Waals surface area contributed by atoms with Crippen molar-refractivity contribution in [1.29, 1.82) is 5.26 Å². The minimum atomic E-state index is -0.645. The summed E-state index contributed by atoms with van der Waals surface area (Å²) in [6.45, 7) is -0.490. The van der Waals surface area contributed by atoms with E-state index in [4.69, 9.17) is 19.5 Å². The SMILES string of the molecule is COc1cc(/C=C\C(=O)OCC(=O)c2c(-c3ccccc3)n(C)c3ccccc23)ccc1OCC#N. The van der Waals surface area contributed by atoms with Gasteiger partial charge >= 0.3 is 5.97 Å². The van der Waals surface area contributed by atoms with Crippen LogP contribution in [0.15, 0.2) is 78.9 Å². The van der Waals surface area contributed by atoms with Crippen molar-refractivity contribution < 1.29 is 23.8 Å². The topological polar surface area (TPSA) is 90.6 Å². The number of para-hydroxylation sites is 1. The number of fused-ring (bicyclic) bond motifs is 1. The maximum absolute atomic E-state index is 13.3. The van der Waals surface area contributed by atoms with Gasteiger partial charge in [-0.1, -0.05) is 54.6 Å². The number of carbonyl (C=O) groups excluding carboxylic acids is 2. The molecule has 0 aliphatic rings. The summed E-state index contributed by atoms with van der Waals surface area (Å²) in [6, 6.07) is 24.3. The van der Waals surface area contributed by atoms with Gasteiger partial charge in [-0.05, 0) is 35.4 Å². The van der Waals surface area contributed by atoms with E-state index in [2.05, 4.69) is 0 Å². The van der Waals surface area contributed by atoms with Crippen molar-refractivity contribution in [1.82, 2.24) is 4.57 Å². The monoisotopic (exact) mass is 480 g/mol. The predicted octanol–water partition coefficient (Wildman–Crippen LogP) is 5.20. The number of ether oxygens (including phenoxy) is 3. The van der Waals surface area contributed by atoms with Crippen LogP contribution >= 0.6 is 0 Å².